The first-order valence-electron chi connectivity index (χ1n) is 5.55. The van der Waals surface area contributed by atoms with E-state index in [-0.39, 0.29) is 6.04 Å². The maximum Gasteiger partial charge on any atom is 0.0994 e. The third-order valence-corrected chi connectivity index (χ3v) is 4.08. The van der Waals surface area contributed by atoms with Crippen LogP contribution in [-0.4, -0.2) is 9.55 Å². The molecule has 1 aromatic carbocycles. The molecule has 4 heteroatoms. The highest BCUT2D eigenvalue weighted by atomic mass is 79.9. The SMILES string of the molecule is Cc1cc(-n2cncc2[C@H](C)N)cc(C)c1Br. The second-order valence-corrected chi connectivity index (χ2v) is 5.16. The molecule has 0 spiro atoms. The maximum absolute atomic E-state index is 5.93. The van der Waals surface area contributed by atoms with Crippen molar-refractivity contribution in [3.63, 3.8) is 0 Å². The van der Waals surface area contributed by atoms with Crippen molar-refractivity contribution in [2.75, 3.05) is 0 Å². The van der Waals surface area contributed by atoms with Crippen LogP contribution < -0.4 is 5.73 Å². The second kappa shape index (κ2) is 4.63. The molecule has 17 heavy (non-hydrogen) atoms. The highest BCUT2D eigenvalue weighted by molar-refractivity contribution is 9.10. The lowest BCUT2D eigenvalue weighted by molar-refractivity contribution is 0.752. The number of imidazole rings is 1. The number of hydrogen-bond acceptors (Lipinski definition) is 2. The molecule has 0 unspecified atom stereocenters. The number of nitrogens with zero attached hydrogens (tertiary/aromatic N) is 2. The Balaban J connectivity index is 2.57. The van der Waals surface area contributed by atoms with Gasteiger partial charge in [0.2, 0.25) is 0 Å². The van der Waals surface area contributed by atoms with E-state index in [0.29, 0.717) is 0 Å². The third-order valence-electron chi connectivity index (χ3n) is 2.83. The molecule has 2 rings (SSSR count). The summed E-state index contributed by atoms with van der Waals surface area (Å²) in [7, 11) is 0. The van der Waals surface area contributed by atoms with E-state index in [4.69, 9.17) is 5.73 Å². The van der Waals surface area contributed by atoms with Crippen molar-refractivity contribution in [3.05, 3.63) is 46.0 Å². The van der Waals surface area contributed by atoms with E-state index in [0.717, 1.165) is 15.9 Å². The van der Waals surface area contributed by atoms with Crippen molar-refractivity contribution in [3.8, 4) is 5.69 Å². The molecule has 0 aliphatic carbocycles. The fourth-order valence-electron chi connectivity index (χ4n) is 1.92. The van der Waals surface area contributed by atoms with Gasteiger partial charge in [-0.15, -0.1) is 0 Å². The fourth-order valence-corrected chi connectivity index (χ4v) is 2.15. The molecule has 1 aromatic heterocycles. The maximum atomic E-state index is 5.93. The van der Waals surface area contributed by atoms with Gasteiger partial charge in [-0.2, -0.15) is 0 Å². The number of aromatic nitrogens is 2. The number of hydrogen-bond donors (Lipinski definition) is 1. The highest BCUT2D eigenvalue weighted by Crippen LogP contribution is 2.25. The normalized spacial score (nSPS) is 12.8. The Kier molecular flexibility index (Phi) is 3.35. The largest absolute Gasteiger partial charge is 0.323 e. The van der Waals surface area contributed by atoms with Crippen LogP contribution in [0.15, 0.2) is 29.1 Å². The van der Waals surface area contributed by atoms with Gasteiger partial charge in [0.25, 0.3) is 0 Å². The Morgan fingerprint density at radius 2 is 1.88 bits per heavy atom. The molecule has 0 fully saturated rings. The van der Waals surface area contributed by atoms with Crippen molar-refractivity contribution < 1.29 is 0 Å². The summed E-state index contributed by atoms with van der Waals surface area (Å²) in [5, 5.41) is 0. The molecule has 1 heterocycles. The van der Waals surface area contributed by atoms with Crippen LogP contribution in [0, 0.1) is 13.8 Å². The van der Waals surface area contributed by atoms with Crippen LogP contribution >= 0.6 is 15.9 Å². The van der Waals surface area contributed by atoms with E-state index in [2.05, 4.69) is 46.9 Å². The van der Waals surface area contributed by atoms with Gasteiger partial charge >= 0.3 is 0 Å². The number of nitrogens with two attached hydrogens (primary N) is 1. The van der Waals surface area contributed by atoms with Crippen molar-refractivity contribution in [2.24, 2.45) is 5.73 Å². The van der Waals surface area contributed by atoms with E-state index in [1.807, 2.05) is 17.7 Å². The minimum atomic E-state index is -0.0261. The molecule has 0 aliphatic heterocycles. The average Bonchev–Trinajstić information content (AvgIpc) is 2.74. The van der Waals surface area contributed by atoms with Crippen molar-refractivity contribution in [1.29, 1.82) is 0 Å². The van der Waals surface area contributed by atoms with Gasteiger partial charge in [-0.1, -0.05) is 15.9 Å². The molecule has 0 saturated heterocycles. The first-order valence-corrected chi connectivity index (χ1v) is 6.35. The fraction of sp³-hybridized carbons (Fsp3) is 0.308. The zero-order valence-corrected chi connectivity index (χ0v) is 11.8. The van der Waals surface area contributed by atoms with Gasteiger partial charge in [-0.3, -0.25) is 0 Å². The first-order chi connectivity index (χ1) is 8.00. The van der Waals surface area contributed by atoms with Gasteiger partial charge < -0.3 is 10.3 Å². The van der Waals surface area contributed by atoms with E-state index in [9.17, 15) is 0 Å². The Labute approximate surface area is 110 Å². The number of halogens is 1. The van der Waals surface area contributed by atoms with Crippen LogP contribution in [0.4, 0.5) is 0 Å². The van der Waals surface area contributed by atoms with Gasteiger partial charge in [0, 0.05) is 16.2 Å². The van der Waals surface area contributed by atoms with Gasteiger partial charge in [-0.25, -0.2) is 4.98 Å². The molecule has 0 radical (unpaired) electrons. The minimum absolute atomic E-state index is 0.0261. The monoisotopic (exact) mass is 293 g/mol. The van der Waals surface area contributed by atoms with E-state index in [1.54, 1.807) is 6.33 Å². The lowest BCUT2D eigenvalue weighted by atomic mass is 10.1. The summed E-state index contributed by atoms with van der Waals surface area (Å²) < 4.78 is 3.20. The topological polar surface area (TPSA) is 43.8 Å². The van der Waals surface area contributed by atoms with E-state index < -0.39 is 0 Å². The summed E-state index contributed by atoms with van der Waals surface area (Å²) in [6, 6.07) is 4.23. The predicted molar refractivity (Wildman–Crippen MR) is 73.3 cm³/mol. The Morgan fingerprint density at radius 1 is 1.29 bits per heavy atom. The number of benzene rings is 1. The highest BCUT2D eigenvalue weighted by Gasteiger charge is 2.10. The van der Waals surface area contributed by atoms with Gasteiger partial charge in [-0.05, 0) is 44.0 Å². The van der Waals surface area contributed by atoms with Gasteiger partial charge in [0.15, 0.2) is 0 Å². The predicted octanol–water partition coefficient (Wildman–Crippen LogP) is 3.27. The second-order valence-electron chi connectivity index (χ2n) is 4.37. The molecule has 1 atom stereocenters. The molecule has 90 valence electrons. The zero-order valence-electron chi connectivity index (χ0n) is 10.2. The van der Waals surface area contributed by atoms with Crippen LogP contribution in [0.2, 0.25) is 0 Å². The number of aryl methyl sites for hydroxylation is 2. The molecular weight excluding hydrogens is 278 g/mol. The average molecular weight is 294 g/mol. The molecule has 2 N–H and O–H groups in total. The van der Waals surface area contributed by atoms with E-state index in [1.165, 1.54) is 11.1 Å². The van der Waals surface area contributed by atoms with Crippen LogP contribution in [-0.2, 0) is 0 Å². The standard InChI is InChI=1S/C13H16BrN3/c1-8-4-11(5-9(2)13(8)14)17-7-16-6-12(17)10(3)15/h4-7,10H,15H2,1-3H3/t10-/m0/s1. The van der Waals surface area contributed by atoms with Crippen molar-refractivity contribution in [1.82, 2.24) is 9.55 Å². The zero-order chi connectivity index (χ0) is 12.6. The molecular formula is C13H16BrN3. The molecule has 0 bridgehead atoms. The smallest absolute Gasteiger partial charge is 0.0994 e. The quantitative estimate of drug-likeness (QED) is 0.923. The summed E-state index contributed by atoms with van der Waals surface area (Å²) in [6.07, 6.45) is 3.62. The minimum Gasteiger partial charge on any atom is -0.323 e. The summed E-state index contributed by atoms with van der Waals surface area (Å²) >= 11 is 3.57. The summed E-state index contributed by atoms with van der Waals surface area (Å²) in [5.41, 5.74) is 10.5. The van der Waals surface area contributed by atoms with E-state index >= 15 is 0 Å². The van der Waals surface area contributed by atoms with Crippen LogP contribution in [0.1, 0.15) is 29.8 Å². The lowest BCUT2D eigenvalue weighted by Crippen LogP contribution is -2.10. The molecule has 2 aromatic rings. The summed E-state index contributed by atoms with van der Waals surface area (Å²) in [5.74, 6) is 0. The van der Waals surface area contributed by atoms with Crippen LogP contribution in [0.25, 0.3) is 5.69 Å². The van der Waals surface area contributed by atoms with Crippen molar-refractivity contribution >= 4 is 15.9 Å². The number of rotatable bonds is 2. The Morgan fingerprint density at radius 3 is 2.41 bits per heavy atom. The van der Waals surface area contributed by atoms with Gasteiger partial charge in [0.1, 0.15) is 0 Å². The summed E-state index contributed by atoms with van der Waals surface area (Å²) in [4.78, 5) is 4.17. The Bertz CT molecular complexity index is 520. The Hall–Kier alpha value is -1.13. The molecule has 3 nitrogen and oxygen atoms in total. The first kappa shape index (κ1) is 12.3. The molecule has 0 aliphatic rings. The van der Waals surface area contributed by atoms with Gasteiger partial charge in [0.05, 0.1) is 18.2 Å². The van der Waals surface area contributed by atoms with Crippen molar-refractivity contribution in [2.45, 2.75) is 26.8 Å². The summed E-state index contributed by atoms with van der Waals surface area (Å²) in [6.45, 7) is 6.14. The third kappa shape index (κ3) is 2.28. The van der Waals surface area contributed by atoms with Crippen LogP contribution in [0.5, 0.6) is 0 Å². The molecule has 0 saturated carbocycles. The lowest BCUT2D eigenvalue weighted by Gasteiger charge is -2.13. The molecule has 0 amide bonds. The van der Waals surface area contributed by atoms with Crippen LogP contribution in [0.3, 0.4) is 0 Å².